The molecule has 1 unspecified atom stereocenters. The van der Waals surface area contributed by atoms with Gasteiger partial charge < -0.3 is 19.9 Å². The van der Waals surface area contributed by atoms with E-state index in [1.807, 2.05) is 6.92 Å². The van der Waals surface area contributed by atoms with Crippen molar-refractivity contribution in [3.8, 4) is 0 Å². The number of carbonyl (C=O) groups is 2. The van der Waals surface area contributed by atoms with Crippen LogP contribution in [0.4, 0.5) is 5.69 Å². The molecule has 0 radical (unpaired) electrons. The van der Waals surface area contributed by atoms with E-state index in [9.17, 15) is 14.7 Å². The van der Waals surface area contributed by atoms with Crippen molar-refractivity contribution in [1.82, 2.24) is 0 Å². The van der Waals surface area contributed by atoms with Gasteiger partial charge in [0.15, 0.2) is 0 Å². The number of hydrogen-bond donors (Lipinski definition) is 2. The minimum absolute atomic E-state index is 0.0946. The molecule has 2 N–H and O–H groups in total. The molecule has 0 aromatic heterocycles. The number of anilines is 1. The third kappa shape index (κ3) is 4.77. The lowest BCUT2D eigenvalue weighted by Gasteiger charge is -2.27. The summed E-state index contributed by atoms with van der Waals surface area (Å²) in [5, 5.41) is 12.0. The van der Waals surface area contributed by atoms with Crippen LogP contribution in [-0.2, 0) is 20.9 Å². The molecule has 2 rings (SSSR count). The Kier molecular flexibility index (Phi) is 6.12. The van der Waals surface area contributed by atoms with Crippen molar-refractivity contribution in [3.05, 3.63) is 29.3 Å². The summed E-state index contributed by atoms with van der Waals surface area (Å²) in [6.07, 6.45) is 1.75. The second-order valence-corrected chi connectivity index (χ2v) is 5.88. The molecule has 0 saturated carbocycles. The summed E-state index contributed by atoms with van der Waals surface area (Å²) in [7, 11) is 1.54. The second-order valence-electron chi connectivity index (χ2n) is 5.88. The van der Waals surface area contributed by atoms with Gasteiger partial charge in [-0.2, -0.15) is 0 Å². The normalized spacial score (nSPS) is 16.8. The second kappa shape index (κ2) is 8.08. The van der Waals surface area contributed by atoms with E-state index in [1.54, 1.807) is 19.2 Å². The highest BCUT2D eigenvalue weighted by Gasteiger charge is 2.26. The largest absolute Gasteiger partial charge is 0.478 e. The number of carbonyl (C=O) groups excluding carboxylic acids is 1. The molecule has 1 aromatic carbocycles. The Morgan fingerprint density at radius 1 is 1.35 bits per heavy atom. The average molecular weight is 321 g/mol. The summed E-state index contributed by atoms with van der Waals surface area (Å²) in [5.74, 6) is -0.971. The van der Waals surface area contributed by atoms with E-state index >= 15 is 0 Å². The summed E-state index contributed by atoms with van der Waals surface area (Å²) in [4.78, 5) is 23.6. The molecule has 0 spiro atoms. The fourth-order valence-corrected chi connectivity index (χ4v) is 2.82. The Labute approximate surface area is 135 Å². The van der Waals surface area contributed by atoms with Gasteiger partial charge in [-0.3, -0.25) is 4.79 Å². The minimum atomic E-state index is -1.03. The highest BCUT2D eigenvalue weighted by molar-refractivity contribution is 5.95. The average Bonchev–Trinajstić information content (AvgIpc) is 2.55. The van der Waals surface area contributed by atoms with Gasteiger partial charge in [-0.1, -0.05) is 6.92 Å². The zero-order chi connectivity index (χ0) is 16.8. The van der Waals surface area contributed by atoms with Gasteiger partial charge in [-0.15, -0.1) is 0 Å². The van der Waals surface area contributed by atoms with Crippen LogP contribution in [0, 0.1) is 11.8 Å². The summed E-state index contributed by atoms with van der Waals surface area (Å²) in [5.41, 5.74) is 1.33. The number of carboxylic acids is 1. The van der Waals surface area contributed by atoms with E-state index < -0.39 is 5.97 Å². The molecule has 0 aliphatic carbocycles. The molecule has 6 heteroatoms. The van der Waals surface area contributed by atoms with Crippen LogP contribution >= 0.6 is 0 Å². The van der Waals surface area contributed by atoms with Crippen LogP contribution in [0.25, 0.3) is 0 Å². The molecule has 23 heavy (non-hydrogen) atoms. The maximum atomic E-state index is 12.4. The lowest BCUT2D eigenvalue weighted by Crippen LogP contribution is -2.31. The third-order valence-corrected chi connectivity index (χ3v) is 4.20. The van der Waals surface area contributed by atoms with E-state index in [-0.39, 0.29) is 17.4 Å². The Morgan fingerprint density at radius 2 is 2.04 bits per heavy atom. The van der Waals surface area contributed by atoms with Crippen molar-refractivity contribution >= 4 is 17.6 Å². The molecule has 1 aromatic rings. The fraction of sp³-hybridized carbons (Fsp3) is 0.529. The van der Waals surface area contributed by atoms with Crippen LogP contribution in [-0.4, -0.2) is 37.3 Å². The molecule has 126 valence electrons. The summed E-state index contributed by atoms with van der Waals surface area (Å²) in [6, 6.07) is 4.75. The standard InChI is InChI=1S/C17H23NO5/c1-11(13-3-5-23-6-4-13)16(19)18-15-8-12(10-22-2)7-14(9-15)17(20)21/h7-9,11,13H,3-6,10H2,1-2H3,(H,18,19)(H,20,21). The van der Waals surface area contributed by atoms with Gasteiger partial charge in [-0.25, -0.2) is 4.79 Å². The summed E-state index contributed by atoms with van der Waals surface area (Å²) < 4.78 is 10.4. The van der Waals surface area contributed by atoms with Crippen molar-refractivity contribution in [1.29, 1.82) is 0 Å². The molecule has 1 aliphatic rings. The van der Waals surface area contributed by atoms with Crippen LogP contribution in [0.1, 0.15) is 35.7 Å². The van der Waals surface area contributed by atoms with Crippen molar-refractivity contribution in [2.24, 2.45) is 11.8 Å². The summed E-state index contributed by atoms with van der Waals surface area (Å²) >= 11 is 0. The Morgan fingerprint density at radius 3 is 2.65 bits per heavy atom. The van der Waals surface area contributed by atoms with E-state index in [4.69, 9.17) is 9.47 Å². The first kappa shape index (κ1) is 17.4. The molecular weight excluding hydrogens is 298 g/mol. The first-order valence-corrected chi connectivity index (χ1v) is 7.76. The van der Waals surface area contributed by atoms with Gasteiger partial charge in [0.05, 0.1) is 12.2 Å². The fourth-order valence-electron chi connectivity index (χ4n) is 2.82. The molecular formula is C17H23NO5. The third-order valence-electron chi connectivity index (χ3n) is 4.20. The maximum absolute atomic E-state index is 12.4. The van der Waals surface area contributed by atoms with Gasteiger partial charge >= 0.3 is 5.97 Å². The number of ether oxygens (including phenoxy) is 2. The first-order valence-electron chi connectivity index (χ1n) is 7.76. The molecule has 6 nitrogen and oxygen atoms in total. The van der Waals surface area contributed by atoms with Crippen LogP contribution in [0.3, 0.4) is 0 Å². The molecule has 1 fully saturated rings. The van der Waals surface area contributed by atoms with E-state index in [1.165, 1.54) is 6.07 Å². The molecule has 1 atom stereocenters. The van der Waals surface area contributed by atoms with Crippen LogP contribution in [0.5, 0.6) is 0 Å². The lowest BCUT2D eigenvalue weighted by molar-refractivity contribution is -0.122. The number of methoxy groups -OCH3 is 1. The first-order chi connectivity index (χ1) is 11.0. The molecule has 1 aliphatic heterocycles. The van der Waals surface area contributed by atoms with Crippen molar-refractivity contribution in [3.63, 3.8) is 0 Å². The van der Waals surface area contributed by atoms with Crippen molar-refractivity contribution < 1.29 is 24.2 Å². The highest BCUT2D eigenvalue weighted by Crippen LogP contribution is 2.25. The number of amides is 1. The van der Waals surface area contributed by atoms with Gasteiger partial charge in [0.2, 0.25) is 5.91 Å². The number of rotatable bonds is 6. The van der Waals surface area contributed by atoms with Gasteiger partial charge in [-0.05, 0) is 42.5 Å². The number of aromatic carboxylic acids is 1. The number of carboxylic acid groups (broad SMARTS) is 1. The van der Waals surface area contributed by atoms with E-state index in [0.29, 0.717) is 37.0 Å². The molecule has 1 heterocycles. The zero-order valence-electron chi connectivity index (χ0n) is 13.5. The predicted octanol–water partition coefficient (Wildman–Crippen LogP) is 2.53. The smallest absolute Gasteiger partial charge is 0.335 e. The Hall–Kier alpha value is -1.92. The maximum Gasteiger partial charge on any atom is 0.335 e. The predicted molar refractivity (Wildman–Crippen MR) is 85.5 cm³/mol. The zero-order valence-corrected chi connectivity index (χ0v) is 13.5. The Bertz CT molecular complexity index is 566. The van der Waals surface area contributed by atoms with Gasteiger partial charge in [0.1, 0.15) is 0 Å². The monoisotopic (exact) mass is 321 g/mol. The molecule has 1 amide bonds. The summed E-state index contributed by atoms with van der Waals surface area (Å²) in [6.45, 7) is 3.57. The quantitative estimate of drug-likeness (QED) is 0.841. The topological polar surface area (TPSA) is 84.9 Å². The van der Waals surface area contributed by atoms with E-state index in [0.717, 1.165) is 12.8 Å². The van der Waals surface area contributed by atoms with Crippen LogP contribution in [0.15, 0.2) is 18.2 Å². The lowest BCUT2D eigenvalue weighted by atomic mass is 9.86. The van der Waals surface area contributed by atoms with Crippen LogP contribution < -0.4 is 5.32 Å². The van der Waals surface area contributed by atoms with Crippen molar-refractivity contribution in [2.75, 3.05) is 25.6 Å². The Balaban J connectivity index is 2.10. The highest BCUT2D eigenvalue weighted by atomic mass is 16.5. The van der Waals surface area contributed by atoms with Crippen molar-refractivity contribution in [2.45, 2.75) is 26.4 Å². The minimum Gasteiger partial charge on any atom is -0.478 e. The van der Waals surface area contributed by atoms with Gasteiger partial charge in [0.25, 0.3) is 0 Å². The van der Waals surface area contributed by atoms with Crippen LogP contribution in [0.2, 0.25) is 0 Å². The number of hydrogen-bond acceptors (Lipinski definition) is 4. The molecule has 0 bridgehead atoms. The number of nitrogens with one attached hydrogen (secondary N) is 1. The van der Waals surface area contributed by atoms with Gasteiger partial charge in [0, 0.05) is 31.9 Å². The number of benzene rings is 1. The SMILES string of the molecule is COCc1cc(NC(=O)C(C)C2CCOCC2)cc(C(=O)O)c1. The molecule has 1 saturated heterocycles. The van der Waals surface area contributed by atoms with E-state index in [2.05, 4.69) is 5.32 Å².